The summed E-state index contributed by atoms with van der Waals surface area (Å²) in [5, 5.41) is 3.45. The maximum absolute atomic E-state index is 13.3. The third kappa shape index (κ3) is 2.59. The van der Waals surface area contributed by atoms with Crippen LogP contribution in [0.4, 0.5) is 4.39 Å². The lowest BCUT2D eigenvalue weighted by Crippen LogP contribution is -2.27. The predicted octanol–water partition coefficient (Wildman–Crippen LogP) is 3.60. The molecule has 0 fully saturated rings. The van der Waals surface area contributed by atoms with Gasteiger partial charge in [0.2, 0.25) is 0 Å². The first-order valence-electron chi connectivity index (χ1n) is 7.19. The molecule has 1 aromatic heterocycles. The molecule has 0 saturated heterocycles. The molecule has 0 saturated carbocycles. The van der Waals surface area contributed by atoms with E-state index in [-0.39, 0.29) is 11.9 Å². The highest BCUT2D eigenvalue weighted by Crippen LogP contribution is 2.40. The van der Waals surface area contributed by atoms with Crippen molar-refractivity contribution in [1.82, 2.24) is 10.3 Å². The van der Waals surface area contributed by atoms with Crippen LogP contribution in [0.25, 0.3) is 0 Å². The number of fused-ring (bicyclic) bond motifs is 1. The molecular formula is C17H19FN2. The monoisotopic (exact) mass is 270 g/mol. The zero-order valence-corrected chi connectivity index (χ0v) is 11.6. The quantitative estimate of drug-likeness (QED) is 0.898. The number of halogens is 1. The average molecular weight is 270 g/mol. The van der Waals surface area contributed by atoms with E-state index in [0.717, 1.165) is 24.9 Å². The lowest BCUT2D eigenvalue weighted by Gasteiger charge is -2.33. The van der Waals surface area contributed by atoms with Gasteiger partial charge < -0.3 is 5.32 Å². The summed E-state index contributed by atoms with van der Waals surface area (Å²) >= 11 is 0. The first kappa shape index (κ1) is 13.3. The molecule has 3 rings (SSSR count). The van der Waals surface area contributed by atoms with Gasteiger partial charge in [-0.05, 0) is 48.1 Å². The second-order valence-electron chi connectivity index (χ2n) is 5.38. The van der Waals surface area contributed by atoms with E-state index in [1.165, 1.54) is 17.3 Å². The molecule has 0 spiro atoms. The molecule has 1 heterocycles. The van der Waals surface area contributed by atoms with Crippen LogP contribution in [0.1, 0.15) is 42.0 Å². The average Bonchev–Trinajstić information content (AvgIpc) is 2.43. The minimum atomic E-state index is -0.264. The van der Waals surface area contributed by atoms with Gasteiger partial charge in [-0.25, -0.2) is 4.39 Å². The lowest BCUT2D eigenvalue weighted by molar-refractivity contribution is 0.433. The van der Waals surface area contributed by atoms with Crippen molar-refractivity contribution in [1.29, 1.82) is 0 Å². The highest BCUT2D eigenvalue weighted by molar-refractivity contribution is 5.40. The van der Waals surface area contributed by atoms with Crippen molar-refractivity contribution in [3.05, 3.63) is 65.2 Å². The Kier molecular flexibility index (Phi) is 3.79. The summed E-state index contributed by atoms with van der Waals surface area (Å²) in [6.07, 6.45) is 5.14. The Morgan fingerprint density at radius 2 is 2.20 bits per heavy atom. The largest absolute Gasteiger partial charge is 0.310 e. The molecule has 0 amide bonds. The van der Waals surface area contributed by atoms with Gasteiger partial charge >= 0.3 is 0 Å². The molecule has 20 heavy (non-hydrogen) atoms. The van der Waals surface area contributed by atoms with Crippen molar-refractivity contribution in [2.75, 3.05) is 6.54 Å². The highest BCUT2D eigenvalue weighted by atomic mass is 19.1. The standard InChI is InChI=1S/C17H19FN2/c1-2-20-17(14-8-15(18)11-19-10-14)9-13-7-12-5-3-4-6-16(12)13/h3-6,8,10-11,13,17,20H,2,7,9H2,1H3. The Hall–Kier alpha value is -1.74. The third-order valence-corrected chi connectivity index (χ3v) is 4.06. The minimum Gasteiger partial charge on any atom is -0.310 e. The number of nitrogens with one attached hydrogen (secondary N) is 1. The van der Waals surface area contributed by atoms with E-state index in [9.17, 15) is 4.39 Å². The zero-order chi connectivity index (χ0) is 13.9. The number of aromatic nitrogens is 1. The number of pyridine rings is 1. The fraction of sp³-hybridized carbons (Fsp3) is 0.353. The van der Waals surface area contributed by atoms with Crippen LogP contribution in [0, 0.1) is 5.82 Å². The summed E-state index contributed by atoms with van der Waals surface area (Å²) in [6, 6.07) is 10.3. The van der Waals surface area contributed by atoms with Gasteiger partial charge in [0.25, 0.3) is 0 Å². The first-order chi connectivity index (χ1) is 9.78. The zero-order valence-electron chi connectivity index (χ0n) is 11.6. The Bertz CT molecular complexity index is 597. The van der Waals surface area contributed by atoms with Gasteiger partial charge in [-0.1, -0.05) is 31.2 Å². The molecule has 1 N–H and O–H groups in total. The molecule has 1 aliphatic rings. The van der Waals surface area contributed by atoms with E-state index < -0.39 is 0 Å². The normalized spacial score (nSPS) is 18.2. The van der Waals surface area contributed by atoms with Crippen molar-refractivity contribution in [3.8, 4) is 0 Å². The molecule has 0 aliphatic heterocycles. The van der Waals surface area contributed by atoms with Crippen molar-refractivity contribution in [3.63, 3.8) is 0 Å². The molecule has 2 nitrogen and oxygen atoms in total. The van der Waals surface area contributed by atoms with Crippen molar-refractivity contribution in [2.45, 2.75) is 31.7 Å². The van der Waals surface area contributed by atoms with Gasteiger partial charge in [0.1, 0.15) is 5.82 Å². The van der Waals surface area contributed by atoms with Gasteiger partial charge in [0, 0.05) is 12.2 Å². The summed E-state index contributed by atoms with van der Waals surface area (Å²) in [5.74, 6) is 0.304. The molecule has 1 aliphatic carbocycles. The first-order valence-corrected chi connectivity index (χ1v) is 7.19. The summed E-state index contributed by atoms with van der Waals surface area (Å²) < 4.78 is 13.3. The number of benzene rings is 1. The van der Waals surface area contributed by atoms with E-state index in [0.29, 0.717) is 5.92 Å². The van der Waals surface area contributed by atoms with Crippen LogP contribution in [-0.4, -0.2) is 11.5 Å². The van der Waals surface area contributed by atoms with E-state index >= 15 is 0 Å². The van der Waals surface area contributed by atoms with E-state index in [4.69, 9.17) is 0 Å². The van der Waals surface area contributed by atoms with Crippen LogP contribution in [0.3, 0.4) is 0 Å². The van der Waals surface area contributed by atoms with Gasteiger partial charge in [0.05, 0.1) is 6.20 Å². The number of hydrogen-bond donors (Lipinski definition) is 1. The van der Waals surface area contributed by atoms with Crippen LogP contribution in [-0.2, 0) is 6.42 Å². The molecule has 3 heteroatoms. The van der Waals surface area contributed by atoms with Crippen LogP contribution >= 0.6 is 0 Å². The topological polar surface area (TPSA) is 24.9 Å². The fourth-order valence-corrected chi connectivity index (χ4v) is 3.06. The van der Waals surface area contributed by atoms with Gasteiger partial charge in [0.15, 0.2) is 0 Å². The molecule has 1 aromatic carbocycles. The molecule has 2 aromatic rings. The predicted molar refractivity (Wildman–Crippen MR) is 78.1 cm³/mol. The number of hydrogen-bond acceptors (Lipinski definition) is 2. The summed E-state index contributed by atoms with van der Waals surface area (Å²) in [6.45, 7) is 2.95. The van der Waals surface area contributed by atoms with Crippen LogP contribution in [0.15, 0.2) is 42.7 Å². The summed E-state index contributed by atoms with van der Waals surface area (Å²) in [7, 11) is 0. The Labute approximate surface area is 119 Å². The van der Waals surface area contributed by atoms with Crippen molar-refractivity contribution >= 4 is 0 Å². The van der Waals surface area contributed by atoms with Crippen molar-refractivity contribution in [2.24, 2.45) is 0 Å². The second kappa shape index (κ2) is 5.71. The van der Waals surface area contributed by atoms with E-state index in [1.807, 2.05) is 0 Å². The smallest absolute Gasteiger partial charge is 0.141 e. The number of nitrogens with zero attached hydrogens (tertiary/aromatic N) is 1. The molecule has 2 unspecified atom stereocenters. The molecule has 104 valence electrons. The van der Waals surface area contributed by atoms with Crippen LogP contribution in [0.5, 0.6) is 0 Å². The van der Waals surface area contributed by atoms with Gasteiger partial charge in [-0.2, -0.15) is 0 Å². The van der Waals surface area contributed by atoms with Crippen molar-refractivity contribution < 1.29 is 4.39 Å². The summed E-state index contributed by atoms with van der Waals surface area (Å²) in [4.78, 5) is 3.97. The molecule has 0 radical (unpaired) electrons. The molecular weight excluding hydrogens is 251 g/mol. The second-order valence-corrected chi connectivity index (χ2v) is 5.38. The van der Waals surface area contributed by atoms with E-state index in [1.54, 1.807) is 12.3 Å². The third-order valence-electron chi connectivity index (χ3n) is 4.06. The maximum atomic E-state index is 13.3. The Balaban J connectivity index is 1.76. The Morgan fingerprint density at radius 1 is 1.35 bits per heavy atom. The van der Waals surface area contributed by atoms with Gasteiger partial charge in [-0.3, -0.25) is 4.98 Å². The molecule has 0 bridgehead atoms. The minimum absolute atomic E-state index is 0.168. The van der Waals surface area contributed by atoms with Crippen LogP contribution < -0.4 is 5.32 Å². The fourth-order valence-electron chi connectivity index (χ4n) is 3.06. The van der Waals surface area contributed by atoms with Crippen LogP contribution in [0.2, 0.25) is 0 Å². The molecule has 2 atom stereocenters. The SMILES string of the molecule is CCNC(CC1Cc2ccccc21)c1cncc(F)c1. The van der Waals surface area contributed by atoms with Gasteiger partial charge in [-0.15, -0.1) is 0 Å². The van der Waals surface area contributed by atoms with E-state index in [2.05, 4.69) is 41.5 Å². The number of rotatable bonds is 5. The summed E-state index contributed by atoms with van der Waals surface area (Å²) in [5.41, 5.74) is 3.83. The lowest BCUT2D eigenvalue weighted by atomic mass is 9.74. The Morgan fingerprint density at radius 3 is 2.95 bits per heavy atom. The maximum Gasteiger partial charge on any atom is 0.141 e. The highest BCUT2D eigenvalue weighted by Gasteiger charge is 2.28.